The third-order valence-electron chi connectivity index (χ3n) is 5.37. The van der Waals surface area contributed by atoms with Crippen LogP contribution in [0.5, 0.6) is 0 Å². The van der Waals surface area contributed by atoms with Crippen molar-refractivity contribution in [2.24, 2.45) is 0 Å². The van der Waals surface area contributed by atoms with E-state index in [0.29, 0.717) is 0 Å². The summed E-state index contributed by atoms with van der Waals surface area (Å²) in [5.74, 6) is 0. The molecule has 1 heteroatoms. The molecule has 0 nitrogen and oxygen atoms in total. The topological polar surface area (TPSA) is 0 Å². The second-order valence-electron chi connectivity index (χ2n) is 6.57. The van der Waals surface area contributed by atoms with E-state index in [0.717, 1.165) is 0 Å². The van der Waals surface area contributed by atoms with E-state index in [1.54, 1.807) is 8.70 Å². The van der Waals surface area contributed by atoms with E-state index in [1.807, 2.05) is 0 Å². The van der Waals surface area contributed by atoms with Crippen LogP contribution in [0.3, 0.4) is 0 Å². The molecule has 0 radical (unpaired) electrons. The van der Waals surface area contributed by atoms with Crippen LogP contribution >= 0.6 is 0 Å². The van der Waals surface area contributed by atoms with Crippen molar-refractivity contribution in [1.82, 2.24) is 0 Å². The Morgan fingerprint density at radius 2 is 0.720 bits per heavy atom. The first-order chi connectivity index (χ1) is 12.4. The molecule has 0 saturated carbocycles. The van der Waals surface area contributed by atoms with Gasteiger partial charge < -0.3 is 0 Å². The van der Waals surface area contributed by atoms with Crippen LogP contribution in [-0.2, 0) is 0 Å². The van der Waals surface area contributed by atoms with Gasteiger partial charge in [-0.15, -0.1) is 0 Å². The summed E-state index contributed by atoms with van der Waals surface area (Å²) in [7, 11) is 0. The Balaban J connectivity index is 1.98. The third kappa shape index (κ3) is 2.01. The molecule has 0 atom stereocenters. The van der Waals surface area contributed by atoms with Crippen LogP contribution in [0.15, 0.2) is 109 Å². The number of hydrogen-bond donors (Lipinski definition) is 0. The van der Waals surface area contributed by atoms with Gasteiger partial charge in [-0.1, -0.05) is 0 Å². The number of hydrogen-bond acceptors (Lipinski definition) is 0. The Morgan fingerprint density at radius 3 is 1.16 bits per heavy atom. The van der Waals surface area contributed by atoms with Gasteiger partial charge in [-0.2, -0.15) is 0 Å². The average Bonchev–Trinajstić information content (AvgIpc) is 3.01. The Bertz CT molecular complexity index is 949. The standard InChI is InChI=1S/C24H19As/c1-3-11-19(12-4-1)25(20-13-5-2-6-14-20)23-17-9-7-15-21(23)22-16-8-10-18-24(22)25/h1-18,25H. The Morgan fingerprint density at radius 1 is 0.360 bits per heavy atom. The summed E-state index contributed by atoms with van der Waals surface area (Å²) < 4.78 is 6.12. The van der Waals surface area contributed by atoms with Crippen molar-refractivity contribution in [2.75, 3.05) is 0 Å². The quantitative estimate of drug-likeness (QED) is 0.412. The van der Waals surface area contributed by atoms with E-state index in [9.17, 15) is 0 Å². The third-order valence-corrected chi connectivity index (χ3v) is 15.6. The van der Waals surface area contributed by atoms with Crippen molar-refractivity contribution < 1.29 is 0 Å². The zero-order chi connectivity index (χ0) is 16.7. The molecule has 0 saturated heterocycles. The minimum atomic E-state index is -2.92. The molecule has 120 valence electrons. The molecule has 1 aliphatic heterocycles. The van der Waals surface area contributed by atoms with Crippen molar-refractivity contribution in [1.29, 1.82) is 0 Å². The fourth-order valence-electron chi connectivity index (χ4n) is 4.40. The van der Waals surface area contributed by atoms with Crippen LogP contribution in [0.2, 0.25) is 0 Å². The predicted octanol–water partition coefficient (Wildman–Crippen LogP) is 2.78. The molecule has 0 amide bonds. The van der Waals surface area contributed by atoms with E-state index in [-0.39, 0.29) is 0 Å². The molecule has 1 aliphatic rings. The maximum absolute atomic E-state index is 2.92. The molecule has 0 bridgehead atoms. The zero-order valence-electron chi connectivity index (χ0n) is 13.9. The number of fused-ring (bicyclic) bond motifs is 3. The summed E-state index contributed by atoms with van der Waals surface area (Å²) in [6.45, 7) is 0. The second kappa shape index (κ2) is 5.76. The molecule has 4 aromatic rings. The Kier molecular flexibility index (Phi) is 3.40. The van der Waals surface area contributed by atoms with Gasteiger partial charge in [0.1, 0.15) is 0 Å². The summed E-state index contributed by atoms with van der Waals surface area (Å²) in [6, 6.07) is 40.4. The van der Waals surface area contributed by atoms with Gasteiger partial charge in [0, 0.05) is 0 Å². The number of benzene rings is 4. The summed E-state index contributed by atoms with van der Waals surface area (Å²) in [4.78, 5) is 0. The molecule has 0 N–H and O–H groups in total. The maximum atomic E-state index is 2.37. The molecule has 1 heterocycles. The predicted molar refractivity (Wildman–Crippen MR) is 110 cm³/mol. The SMILES string of the molecule is c1ccc([AsH]2(c3ccccc3)c3ccccc3-c3ccccc32)cc1. The fourth-order valence-corrected chi connectivity index (χ4v) is 15.3. The van der Waals surface area contributed by atoms with E-state index < -0.39 is 13.6 Å². The molecular formula is C24H19As. The molecule has 5 rings (SSSR count). The second-order valence-corrected chi connectivity index (χ2v) is 14.4. The molecule has 0 aromatic heterocycles. The Labute approximate surface area is 151 Å². The van der Waals surface area contributed by atoms with Crippen molar-refractivity contribution in [3.8, 4) is 11.1 Å². The van der Waals surface area contributed by atoms with Gasteiger partial charge in [-0.3, -0.25) is 0 Å². The van der Waals surface area contributed by atoms with E-state index in [1.165, 1.54) is 19.8 Å². The molecule has 0 unspecified atom stereocenters. The van der Waals surface area contributed by atoms with E-state index >= 15 is 0 Å². The first kappa shape index (κ1) is 14.8. The minimum absolute atomic E-state index is 1.42. The zero-order valence-corrected chi connectivity index (χ0v) is 16.0. The Hall–Kier alpha value is -2.56. The first-order valence-electron chi connectivity index (χ1n) is 8.73. The normalized spacial score (nSPS) is 15.2. The average molecular weight is 382 g/mol. The fraction of sp³-hybridized carbons (Fsp3) is 0. The van der Waals surface area contributed by atoms with Crippen molar-refractivity contribution in [3.05, 3.63) is 109 Å². The van der Waals surface area contributed by atoms with E-state index in [2.05, 4.69) is 109 Å². The van der Waals surface area contributed by atoms with E-state index in [4.69, 9.17) is 0 Å². The molecule has 0 fully saturated rings. The van der Waals surface area contributed by atoms with Crippen molar-refractivity contribution in [2.45, 2.75) is 0 Å². The van der Waals surface area contributed by atoms with Gasteiger partial charge in [0.2, 0.25) is 0 Å². The van der Waals surface area contributed by atoms with Crippen LogP contribution < -0.4 is 17.4 Å². The van der Waals surface area contributed by atoms with Crippen LogP contribution in [0.4, 0.5) is 0 Å². The summed E-state index contributed by atoms with van der Waals surface area (Å²) in [6.07, 6.45) is 0. The van der Waals surface area contributed by atoms with Gasteiger partial charge in [0.05, 0.1) is 0 Å². The summed E-state index contributed by atoms with van der Waals surface area (Å²) in [5.41, 5.74) is 2.84. The monoisotopic (exact) mass is 382 g/mol. The molecule has 0 spiro atoms. The number of rotatable bonds is 2. The van der Waals surface area contributed by atoms with Crippen LogP contribution in [0, 0.1) is 0 Å². The van der Waals surface area contributed by atoms with Gasteiger partial charge in [-0.25, -0.2) is 0 Å². The summed E-state index contributed by atoms with van der Waals surface area (Å²) >= 11 is -2.92. The van der Waals surface area contributed by atoms with Crippen molar-refractivity contribution in [3.63, 3.8) is 0 Å². The summed E-state index contributed by atoms with van der Waals surface area (Å²) in [5, 5.41) is 0. The van der Waals surface area contributed by atoms with Crippen molar-refractivity contribution >= 4 is 31.0 Å². The van der Waals surface area contributed by atoms with Crippen LogP contribution in [0.1, 0.15) is 0 Å². The van der Waals surface area contributed by atoms with Gasteiger partial charge >= 0.3 is 151 Å². The molecule has 0 aliphatic carbocycles. The van der Waals surface area contributed by atoms with Crippen LogP contribution in [-0.4, -0.2) is 13.6 Å². The van der Waals surface area contributed by atoms with Gasteiger partial charge in [-0.05, 0) is 0 Å². The first-order valence-corrected chi connectivity index (χ1v) is 12.9. The molecule has 4 aromatic carbocycles. The molecular weight excluding hydrogens is 363 g/mol. The van der Waals surface area contributed by atoms with Gasteiger partial charge in [0.15, 0.2) is 0 Å². The van der Waals surface area contributed by atoms with Gasteiger partial charge in [0.25, 0.3) is 0 Å². The molecule has 25 heavy (non-hydrogen) atoms. The van der Waals surface area contributed by atoms with Crippen LogP contribution in [0.25, 0.3) is 11.1 Å².